The van der Waals surface area contributed by atoms with Crippen LogP contribution in [0.15, 0.2) is 60.7 Å². The van der Waals surface area contributed by atoms with Crippen molar-refractivity contribution in [3.8, 4) is 11.5 Å². The largest absolute Gasteiger partial charge is 0.513 e. The summed E-state index contributed by atoms with van der Waals surface area (Å²) in [6.45, 7) is 0. The van der Waals surface area contributed by atoms with E-state index in [0.717, 1.165) is 25.7 Å². The zero-order valence-corrected chi connectivity index (χ0v) is 14.7. The van der Waals surface area contributed by atoms with Gasteiger partial charge in [0.05, 0.1) is 0 Å². The maximum absolute atomic E-state index is 13.4. The van der Waals surface area contributed by atoms with Gasteiger partial charge in [0.1, 0.15) is 11.5 Å². The Balaban J connectivity index is 1.77. The summed E-state index contributed by atoms with van der Waals surface area (Å²) in [7, 11) is -3.50. The van der Waals surface area contributed by atoms with Crippen molar-refractivity contribution < 1.29 is 13.6 Å². The molecule has 1 aliphatic rings. The van der Waals surface area contributed by atoms with Crippen molar-refractivity contribution in [1.82, 2.24) is 5.09 Å². The number of hydrogen-bond donors (Lipinski definition) is 1. The highest BCUT2D eigenvalue weighted by Crippen LogP contribution is 2.46. The Morgan fingerprint density at radius 3 is 1.67 bits per heavy atom. The molecule has 1 saturated carbocycles. The molecule has 5 heteroatoms. The van der Waals surface area contributed by atoms with Crippen molar-refractivity contribution in [2.45, 2.75) is 44.6 Å². The van der Waals surface area contributed by atoms with Gasteiger partial charge in [-0.25, -0.2) is 4.57 Å². The van der Waals surface area contributed by atoms with Crippen molar-refractivity contribution >= 4 is 7.75 Å². The summed E-state index contributed by atoms with van der Waals surface area (Å²) >= 11 is 0. The zero-order valence-electron chi connectivity index (χ0n) is 13.8. The maximum Gasteiger partial charge on any atom is 0.513 e. The van der Waals surface area contributed by atoms with E-state index in [1.165, 1.54) is 12.8 Å². The molecule has 0 amide bonds. The van der Waals surface area contributed by atoms with Gasteiger partial charge in [-0.2, -0.15) is 5.09 Å². The molecular weight excluding hydrogens is 321 g/mol. The summed E-state index contributed by atoms with van der Waals surface area (Å²) in [6.07, 6.45) is 6.77. The molecule has 128 valence electrons. The van der Waals surface area contributed by atoms with Crippen LogP contribution in [-0.2, 0) is 4.57 Å². The Bertz CT molecular complexity index is 609. The first kappa shape index (κ1) is 17.1. The van der Waals surface area contributed by atoms with Gasteiger partial charge in [0.25, 0.3) is 0 Å². The van der Waals surface area contributed by atoms with Gasteiger partial charge in [0.15, 0.2) is 0 Å². The monoisotopic (exact) mass is 345 g/mol. The quantitative estimate of drug-likeness (QED) is 0.549. The standard InChI is InChI=1S/C19H24NO3P/c21-24(22-18-13-7-3-8-14-18,23-19-15-9-4-10-16-19)20-17-11-5-1-2-6-12-17/h3-4,7-10,13-17H,1-2,5-6,11-12H2,(H,20,21). The van der Waals surface area contributed by atoms with Gasteiger partial charge in [-0.05, 0) is 37.1 Å². The lowest BCUT2D eigenvalue weighted by Gasteiger charge is -2.25. The normalized spacial score (nSPS) is 16.3. The molecule has 2 aromatic carbocycles. The molecule has 0 aliphatic heterocycles. The lowest BCUT2D eigenvalue weighted by Crippen LogP contribution is -2.29. The van der Waals surface area contributed by atoms with E-state index in [2.05, 4.69) is 5.09 Å². The van der Waals surface area contributed by atoms with E-state index in [4.69, 9.17) is 9.05 Å². The van der Waals surface area contributed by atoms with Crippen LogP contribution in [0.5, 0.6) is 11.5 Å². The lowest BCUT2D eigenvalue weighted by atomic mass is 10.1. The third-order valence-corrected chi connectivity index (χ3v) is 5.72. The second-order valence-corrected chi connectivity index (χ2v) is 7.74. The van der Waals surface area contributed by atoms with E-state index in [9.17, 15) is 4.57 Å². The van der Waals surface area contributed by atoms with E-state index in [1.807, 2.05) is 36.4 Å². The molecular formula is C19H24NO3P. The van der Waals surface area contributed by atoms with Crippen LogP contribution in [0.4, 0.5) is 0 Å². The second kappa shape index (κ2) is 8.36. The Kier molecular flexibility index (Phi) is 5.95. The molecule has 1 N–H and O–H groups in total. The van der Waals surface area contributed by atoms with Crippen LogP contribution in [0.3, 0.4) is 0 Å². The highest BCUT2D eigenvalue weighted by atomic mass is 31.2. The van der Waals surface area contributed by atoms with Crippen LogP contribution < -0.4 is 14.1 Å². The number of para-hydroxylation sites is 2. The molecule has 0 aromatic heterocycles. The molecule has 3 rings (SSSR count). The molecule has 1 aliphatic carbocycles. The van der Waals surface area contributed by atoms with E-state index >= 15 is 0 Å². The Labute approximate surface area is 143 Å². The Hall–Kier alpha value is -1.77. The minimum absolute atomic E-state index is 0.158. The average molecular weight is 345 g/mol. The first-order valence-electron chi connectivity index (χ1n) is 8.61. The second-order valence-electron chi connectivity index (χ2n) is 6.12. The minimum atomic E-state index is -3.50. The Morgan fingerprint density at radius 1 is 0.750 bits per heavy atom. The predicted molar refractivity (Wildman–Crippen MR) is 96.4 cm³/mol. The zero-order chi connectivity index (χ0) is 16.7. The summed E-state index contributed by atoms with van der Waals surface area (Å²) < 4.78 is 24.9. The smallest absolute Gasteiger partial charge is 0.405 e. The summed E-state index contributed by atoms with van der Waals surface area (Å²) in [6, 6.07) is 18.5. The first-order chi connectivity index (χ1) is 11.7. The van der Waals surface area contributed by atoms with Crippen molar-refractivity contribution in [1.29, 1.82) is 0 Å². The van der Waals surface area contributed by atoms with E-state index in [-0.39, 0.29) is 6.04 Å². The molecule has 0 saturated heterocycles. The molecule has 24 heavy (non-hydrogen) atoms. The van der Waals surface area contributed by atoms with Gasteiger partial charge >= 0.3 is 7.75 Å². The van der Waals surface area contributed by atoms with Crippen molar-refractivity contribution in [2.24, 2.45) is 0 Å². The summed E-state index contributed by atoms with van der Waals surface area (Å²) in [4.78, 5) is 0. The van der Waals surface area contributed by atoms with Crippen LogP contribution >= 0.6 is 7.75 Å². The van der Waals surface area contributed by atoms with E-state index < -0.39 is 7.75 Å². The SMILES string of the molecule is O=P(NC1CCCCCC1)(Oc1ccccc1)Oc1ccccc1. The van der Waals surface area contributed by atoms with Crippen molar-refractivity contribution in [3.63, 3.8) is 0 Å². The van der Waals surface area contributed by atoms with Crippen molar-refractivity contribution in [3.05, 3.63) is 60.7 Å². The maximum atomic E-state index is 13.4. The van der Waals surface area contributed by atoms with Gasteiger partial charge in [-0.1, -0.05) is 62.1 Å². The lowest BCUT2D eigenvalue weighted by molar-refractivity contribution is 0.354. The molecule has 4 nitrogen and oxygen atoms in total. The molecule has 0 unspecified atom stereocenters. The van der Waals surface area contributed by atoms with Gasteiger partial charge in [-0.15, -0.1) is 0 Å². The summed E-state index contributed by atoms with van der Waals surface area (Å²) in [5.41, 5.74) is 0. The molecule has 0 atom stereocenters. The number of benzene rings is 2. The number of rotatable bonds is 6. The summed E-state index contributed by atoms with van der Waals surface area (Å²) in [5.74, 6) is 1.08. The van der Waals surface area contributed by atoms with Gasteiger partial charge in [0.2, 0.25) is 0 Å². The van der Waals surface area contributed by atoms with Crippen LogP contribution in [0, 0.1) is 0 Å². The fourth-order valence-electron chi connectivity index (χ4n) is 2.94. The molecule has 1 fully saturated rings. The topological polar surface area (TPSA) is 47.6 Å². The van der Waals surface area contributed by atoms with Gasteiger partial charge < -0.3 is 9.05 Å². The Morgan fingerprint density at radius 2 is 1.21 bits per heavy atom. The number of nitrogens with one attached hydrogen (secondary N) is 1. The highest BCUT2D eigenvalue weighted by molar-refractivity contribution is 7.52. The molecule has 0 radical (unpaired) electrons. The van der Waals surface area contributed by atoms with Crippen LogP contribution in [-0.4, -0.2) is 6.04 Å². The molecule has 0 heterocycles. The van der Waals surface area contributed by atoms with Crippen LogP contribution in [0.25, 0.3) is 0 Å². The summed E-state index contributed by atoms with van der Waals surface area (Å²) in [5, 5.41) is 3.18. The third kappa shape index (κ3) is 5.12. The van der Waals surface area contributed by atoms with Crippen LogP contribution in [0.2, 0.25) is 0 Å². The van der Waals surface area contributed by atoms with E-state index in [1.54, 1.807) is 24.3 Å². The first-order valence-corrected chi connectivity index (χ1v) is 10.1. The average Bonchev–Trinajstić information content (AvgIpc) is 2.85. The van der Waals surface area contributed by atoms with Crippen LogP contribution in [0.1, 0.15) is 38.5 Å². The van der Waals surface area contributed by atoms with Crippen molar-refractivity contribution in [2.75, 3.05) is 0 Å². The molecule has 2 aromatic rings. The highest BCUT2D eigenvalue weighted by Gasteiger charge is 2.32. The molecule has 0 bridgehead atoms. The fourth-order valence-corrected chi connectivity index (χ4v) is 4.59. The number of hydrogen-bond acceptors (Lipinski definition) is 3. The minimum Gasteiger partial charge on any atom is -0.405 e. The van der Waals surface area contributed by atoms with Gasteiger partial charge in [0, 0.05) is 6.04 Å². The fraction of sp³-hybridized carbons (Fsp3) is 0.368. The molecule has 0 spiro atoms. The van der Waals surface area contributed by atoms with E-state index in [0.29, 0.717) is 11.5 Å². The predicted octanol–water partition coefficient (Wildman–Crippen LogP) is 5.56. The third-order valence-electron chi connectivity index (χ3n) is 4.13. The van der Waals surface area contributed by atoms with Gasteiger partial charge in [-0.3, -0.25) is 0 Å².